The van der Waals surface area contributed by atoms with E-state index in [1.165, 1.54) is 44.4 Å². The average Bonchev–Trinajstić information content (AvgIpc) is 1.61. The molecule has 149 heavy (non-hydrogen) atoms. The van der Waals surface area contributed by atoms with Crippen molar-refractivity contribution in [2.24, 2.45) is 0 Å². The van der Waals surface area contributed by atoms with Gasteiger partial charge >= 0.3 is 36.0 Å². The second-order valence-corrected chi connectivity index (χ2v) is 35.2. The largest absolute Gasteiger partial charge is 0.481 e. The summed E-state index contributed by atoms with van der Waals surface area (Å²) in [7, 11) is 0. The van der Waals surface area contributed by atoms with Gasteiger partial charge in [-0.1, -0.05) is 157 Å². The van der Waals surface area contributed by atoms with E-state index >= 15 is 0 Å². The number of urea groups is 3. The molecule has 5 saturated heterocycles. The molecular formula is C108H105N19O22. The number of para-hydroxylation sites is 4. The summed E-state index contributed by atoms with van der Waals surface area (Å²) >= 11 is 0. The number of carboxylic acid groups (broad SMARTS) is 2. The Hall–Kier alpha value is -18.8. The van der Waals surface area contributed by atoms with Crippen LogP contribution in [0.15, 0.2) is 230 Å². The summed E-state index contributed by atoms with van der Waals surface area (Å²) < 4.78 is 4.90. The van der Waals surface area contributed by atoms with E-state index in [0.29, 0.717) is 161 Å². The van der Waals surface area contributed by atoms with E-state index in [0.717, 1.165) is 27.2 Å². The number of aliphatic hydroxyl groups is 1. The summed E-state index contributed by atoms with van der Waals surface area (Å²) in [6.07, 6.45) is 7.40. The number of aromatic nitrogens is 4. The molecule has 41 heteroatoms. The number of piperazine rings is 2. The number of rotatable bonds is 27. The quantitative estimate of drug-likeness (QED) is 0.00747. The van der Waals surface area contributed by atoms with Gasteiger partial charge in [0.2, 0.25) is 5.91 Å². The molecule has 3 atom stereocenters. The standard InChI is InChI=1S/C31H29N5O6.C27H25N5O5.C26H27N5O6.C24H24N4O5/c1-3-42-25(37)13-12-23-29(39)36(31(41)34-23)24-11-7-10-21-22(18-33-27(21)24)28(38)30(40)35-16-14-20(15-17-35)26(32-2)19-8-5-4-6-9-19;1-28-23(17-6-3-2-4-7-17)18-11-14-32(15-12-18)26(36)25(35)20-16-30-24-19(20)8-5-9-21(24)31-27(37)29-13-10-22(33)34;1-16-15-30(24(35)17-6-3-2-4-7-17)12-13-31(16)25(36)23(34)19-14-28-22-18(19)8-5-9-20(22)29-26(37)27-11-10-21(32)33;1-15-13-27(23(32)16-6-3-2-4-7-16)10-11-28(15)24(33)22(31)18-12-25-21-17(18)8-5-9-19(21)26-20(30)14-29/h4-11,18,23,33H,3,12-17H2,1H3,(H,34,41);2-9,16,30H,10-15H2,(H,33,34)(H2,29,31,37);2-9,14,16,28H,10-13,15H2,1H3,(H,32,33)(H2,27,29,37);2-9,12,15,25,29H,10-11,13-14H2,1H3,(H,26,30)/t23-;;16-;15-/m0.11/s1. The second kappa shape index (κ2) is 49.0. The third-order valence-corrected chi connectivity index (χ3v) is 25.6. The van der Waals surface area contributed by atoms with Gasteiger partial charge in [-0.25, -0.2) is 29.0 Å². The minimum Gasteiger partial charge on any atom is -0.481 e. The van der Waals surface area contributed by atoms with Crippen LogP contribution in [0.2, 0.25) is 0 Å². The van der Waals surface area contributed by atoms with Gasteiger partial charge in [0.15, 0.2) is 11.4 Å². The highest BCUT2D eigenvalue weighted by molar-refractivity contribution is 6.47. The summed E-state index contributed by atoms with van der Waals surface area (Å²) in [5.41, 5.74) is 9.84. The van der Waals surface area contributed by atoms with Gasteiger partial charge in [-0.05, 0) is 113 Å². The molecule has 5 fully saturated rings. The number of hydrogen-bond donors (Lipinski definition) is 13. The predicted molar refractivity (Wildman–Crippen MR) is 549 cm³/mol. The molecule has 5 aliphatic heterocycles. The molecule has 0 unspecified atom stereocenters. The Bertz CT molecular complexity index is 7360. The van der Waals surface area contributed by atoms with Crippen LogP contribution in [0, 0.1) is 13.1 Å². The van der Waals surface area contributed by atoms with Crippen LogP contribution in [0.1, 0.15) is 145 Å². The Morgan fingerprint density at radius 2 is 0.758 bits per heavy atom. The zero-order valence-electron chi connectivity index (χ0n) is 81.2. The molecule has 764 valence electrons. The fourth-order valence-corrected chi connectivity index (χ4v) is 18.1. The number of carbonyl (C=O) groups excluding carboxylic acids is 16. The first-order chi connectivity index (χ1) is 71.9. The number of nitrogens with one attached hydrogen (secondary N) is 10. The number of aliphatic carboxylic acids is 2. The molecule has 4 aromatic heterocycles. The minimum atomic E-state index is -1.03. The van der Waals surface area contributed by atoms with E-state index in [-0.39, 0.29) is 110 Å². The number of likely N-dealkylation sites (tertiary alicyclic amines) is 2. The lowest BCUT2D eigenvalue weighted by Crippen LogP contribution is -2.56. The minimum absolute atomic E-state index is 0.0228. The van der Waals surface area contributed by atoms with Gasteiger partial charge in [0, 0.05) is 155 Å². The number of aliphatic hydroxyl groups excluding tert-OH is 1. The first-order valence-corrected chi connectivity index (χ1v) is 47.9. The number of Topliss-reactive ketones (excluding diaryl/α,β-unsaturated/α-hetero) is 4. The molecule has 14 amide bonds. The molecular weight excluding hydrogens is 1920 g/mol. The zero-order valence-corrected chi connectivity index (χ0v) is 81.2. The van der Waals surface area contributed by atoms with Crippen molar-refractivity contribution < 1.29 is 106 Å². The molecule has 0 radical (unpaired) electrons. The maximum Gasteiger partial charge on any atom is 0.329 e. The SMILES string of the molecule is C[C@@H]1CN(C(=O)c2ccccc2)CCN1C(=O)C(=O)c1c[nH]c2c(NC(=O)CO)cccc12.C[C@@H]1CN(C(=O)c2ccccc2)CCN1C(=O)C(=O)c1c[nH]c2c(NC(=O)NCCC(=O)O)cccc12.[C-]#[N+]C(=C1CCN(C(=O)C(=O)c2c[nH]c3c(N4C(=O)N[C@@H](CCC(=O)OCC)C4=O)cccc23)CC1)c1ccccc1.[C-]#[N+]C(=C1CCN(C(=O)C(=O)c2c[nH]c3c(NC(=O)NCCC(=O)O)cccc23)CC1)c1ccccc1. The maximum atomic E-state index is 13.4. The Balaban J connectivity index is 0.000000157. The normalized spacial score (nSPS) is 15.3. The molecule has 17 rings (SSSR count). The van der Waals surface area contributed by atoms with Gasteiger partial charge < -0.3 is 101 Å². The smallest absolute Gasteiger partial charge is 0.329 e. The summed E-state index contributed by atoms with van der Waals surface area (Å²) in [5, 5.41) is 43.5. The van der Waals surface area contributed by atoms with E-state index in [9.17, 15) is 86.3 Å². The molecule has 5 aliphatic rings. The Kier molecular flexibility index (Phi) is 34.8. The topological polar surface area (TPSA) is 544 Å². The molecule has 0 bridgehead atoms. The number of H-pyrrole nitrogens is 4. The number of hydrogen-bond acceptors (Lipinski definition) is 20. The van der Waals surface area contributed by atoms with Crippen LogP contribution in [0.25, 0.3) is 64.7 Å². The number of ketones is 4. The van der Waals surface area contributed by atoms with Crippen molar-refractivity contribution in [2.75, 3.05) is 113 Å². The van der Waals surface area contributed by atoms with Gasteiger partial charge in [-0.2, -0.15) is 0 Å². The Labute approximate surface area is 851 Å². The third-order valence-electron chi connectivity index (χ3n) is 25.6. The molecule has 41 nitrogen and oxygen atoms in total. The van der Waals surface area contributed by atoms with Crippen LogP contribution in [0.4, 0.5) is 37.1 Å². The fraction of sp³-hybridized carbons (Fsp3) is 0.259. The number of esters is 1. The predicted octanol–water partition coefficient (Wildman–Crippen LogP) is 11.9. The third kappa shape index (κ3) is 25.0. The molecule has 0 saturated carbocycles. The number of amides is 14. The number of carbonyl (C=O) groups is 18. The van der Waals surface area contributed by atoms with E-state index in [4.69, 9.17) is 33.2 Å². The second-order valence-electron chi connectivity index (χ2n) is 35.2. The van der Waals surface area contributed by atoms with Crippen molar-refractivity contribution in [2.45, 2.75) is 90.3 Å². The van der Waals surface area contributed by atoms with Crippen molar-refractivity contribution in [1.29, 1.82) is 0 Å². The maximum absolute atomic E-state index is 13.4. The molecule has 0 spiro atoms. The van der Waals surface area contributed by atoms with Crippen LogP contribution in [-0.2, 0) is 47.9 Å². The van der Waals surface area contributed by atoms with Crippen LogP contribution >= 0.6 is 0 Å². The number of benzene rings is 8. The summed E-state index contributed by atoms with van der Waals surface area (Å²) in [4.78, 5) is 255. The summed E-state index contributed by atoms with van der Waals surface area (Å²) in [6.45, 7) is 23.1. The van der Waals surface area contributed by atoms with Crippen LogP contribution < -0.4 is 36.8 Å². The monoisotopic (exact) mass is 2020 g/mol. The van der Waals surface area contributed by atoms with Gasteiger partial charge in [0.1, 0.15) is 12.6 Å². The number of nitrogens with zero attached hydrogens (tertiary/aromatic N) is 9. The number of ether oxygens (including phenoxy) is 1. The molecule has 12 aromatic rings. The van der Waals surface area contributed by atoms with E-state index in [1.807, 2.05) is 79.7 Å². The van der Waals surface area contributed by atoms with Crippen LogP contribution in [-0.4, -0.2) is 281 Å². The first kappa shape index (κ1) is 106. The van der Waals surface area contributed by atoms with Gasteiger partial charge in [-0.15, -0.1) is 0 Å². The lowest BCUT2D eigenvalue weighted by molar-refractivity contribution is -0.143. The average molecular weight is 2020 g/mol. The van der Waals surface area contributed by atoms with E-state index in [2.05, 4.69) is 61.5 Å². The van der Waals surface area contributed by atoms with Crippen molar-refractivity contribution in [3.63, 3.8) is 0 Å². The number of carboxylic acids is 2. The number of imide groups is 1. The zero-order chi connectivity index (χ0) is 106. The number of fused-ring (bicyclic) bond motifs is 4. The Morgan fingerprint density at radius 1 is 0.409 bits per heavy atom. The lowest BCUT2D eigenvalue weighted by atomic mass is 9.97. The van der Waals surface area contributed by atoms with E-state index in [1.54, 1.807) is 145 Å². The number of aromatic amines is 4. The first-order valence-electron chi connectivity index (χ1n) is 47.9. The summed E-state index contributed by atoms with van der Waals surface area (Å²) in [5.74, 6) is -9.13. The van der Waals surface area contributed by atoms with Gasteiger partial charge in [0.05, 0.1) is 99.7 Å². The number of piperidine rings is 2. The summed E-state index contributed by atoms with van der Waals surface area (Å²) in [6, 6.07) is 53.0. The van der Waals surface area contributed by atoms with Crippen molar-refractivity contribution in [1.82, 2.24) is 65.3 Å². The molecule has 9 heterocycles. The molecule has 0 aliphatic carbocycles. The highest BCUT2D eigenvalue weighted by Crippen LogP contribution is 2.37. The van der Waals surface area contributed by atoms with Crippen molar-refractivity contribution in [3.8, 4) is 0 Å². The highest BCUT2D eigenvalue weighted by atomic mass is 16.5. The van der Waals surface area contributed by atoms with E-state index < -0.39 is 107 Å². The number of anilines is 4. The van der Waals surface area contributed by atoms with Crippen LogP contribution in [0.5, 0.6) is 0 Å². The van der Waals surface area contributed by atoms with Gasteiger partial charge in [-0.3, -0.25) is 71.9 Å². The molecule has 8 aromatic carbocycles. The van der Waals surface area contributed by atoms with Crippen LogP contribution in [0.3, 0.4) is 0 Å². The Morgan fingerprint density at radius 3 is 1.11 bits per heavy atom. The van der Waals surface area contributed by atoms with Crippen molar-refractivity contribution in [3.05, 3.63) is 297 Å². The van der Waals surface area contributed by atoms with Gasteiger partial charge in [0.25, 0.3) is 64.5 Å². The van der Waals surface area contributed by atoms with Crippen molar-refractivity contribution >= 4 is 184 Å². The highest BCUT2D eigenvalue weighted by Gasteiger charge is 2.43. The molecule has 13 N–H and O–H groups in total. The lowest BCUT2D eigenvalue weighted by Gasteiger charge is -2.39. The fourth-order valence-electron chi connectivity index (χ4n) is 18.1.